The van der Waals surface area contributed by atoms with Crippen molar-refractivity contribution in [2.45, 2.75) is 112 Å². The molecule has 0 aliphatic heterocycles. The standard InChI is InChI=1S/C26H39N.C3H6.C2H6/c1-5-22(4)25(15-11-10-12-23-18-16-21(3)17-19-23)26(27-6-2)20-24-13-8-7-9-14-24;1-3-2;1-2/h6,16-19,24H,2,5,7-15,20H2,1,3-4H3;3H,1H2,2H3;1-2H3/b25-22+,27-26?;;. The maximum Gasteiger partial charge on any atom is 0.0437 e. The highest BCUT2D eigenvalue weighted by Crippen LogP contribution is 2.30. The van der Waals surface area contributed by atoms with Crippen molar-refractivity contribution in [3.05, 3.63) is 72.0 Å². The van der Waals surface area contributed by atoms with Gasteiger partial charge in [0.15, 0.2) is 0 Å². The van der Waals surface area contributed by atoms with E-state index >= 15 is 0 Å². The Balaban J connectivity index is 0.00000177. The normalized spacial score (nSPS) is 14.9. The zero-order valence-electron chi connectivity index (χ0n) is 22.2. The lowest BCUT2D eigenvalue weighted by atomic mass is 9.82. The summed E-state index contributed by atoms with van der Waals surface area (Å²) in [6.07, 6.45) is 17.6. The van der Waals surface area contributed by atoms with Crippen molar-refractivity contribution in [3.8, 4) is 0 Å². The summed E-state index contributed by atoms with van der Waals surface area (Å²) in [7, 11) is 0. The Bertz CT molecular complexity index is 669. The molecular weight excluding hydrogens is 386 g/mol. The van der Waals surface area contributed by atoms with E-state index in [0.29, 0.717) is 0 Å². The van der Waals surface area contributed by atoms with Gasteiger partial charge in [0.05, 0.1) is 0 Å². The minimum atomic E-state index is 0.824. The summed E-state index contributed by atoms with van der Waals surface area (Å²) in [5.41, 5.74) is 7.16. The molecule has 0 aromatic heterocycles. The predicted molar refractivity (Wildman–Crippen MR) is 148 cm³/mol. The molecule has 1 saturated carbocycles. The quantitative estimate of drug-likeness (QED) is 0.196. The fourth-order valence-electron chi connectivity index (χ4n) is 4.23. The van der Waals surface area contributed by atoms with Crippen molar-refractivity contribution in [1.29, 1.82) is 0 Å². The molecule has 1 aliphatic carbocycles. The van der Waals surface area contributed by atoms with Crippen LogP contribution in [0.4, 0.5) is 0 Å². The molecule has 180 valence electrons. The molecule has 1 nitrogen and oxygen atoms in total. The van der Waals surface area contributed by atoms with Crippen molar-refractivity contribution >= 4 is 5.71 Å². The van der Waals surface area contributed by atoms with E-state index in [1.54, 1.807) is 12.3 Å². The molecule has 0 saturated heterocycles. The maximum atomic E-state index is 4.76. The Hall–Kier alpha value is -1.89. The van der Waals surface area contributed by atoms with Gasteiger partial charge in [-0.15, -0.1) is 6.58 Å². The summed E-state index contributed by atoms with van der Waals surface area (Å²) in [6.45, 7) is 19.9. The van der Waals surface area contributed by atoms with Gasteiger partial charge >= 0.3 is 0 Å². The van der Waals surface area contributed by atoms with E-state index in [1.807, 2.05) is 20.8 Å². The number of hydrogen-bond acceptors (Lipinski definition) is 1. The third kappa shape index (κ3) is 12.8. The lowest BCUT2D eigenvalue weighted by Crippen LogP contribution is -2.15. The van der Waals surface area contributed by atoms with Crippen LogP contribution in [0.5, 0.6) is 0 Å². The van der Waals surface area contributed by atoms with Gasteiger partial charge < -0.3 is 0 Å². The van der Waals surface area contributed by atoms with E-state index in [4.69, 9.17) is 4.99 Å². The largest absolute Gasteiger partial charge is 0.262 e. The molecule has 32 heavy (non-hydrogen) atoms. The first-order valence-electron chi connectivity index (χ1n) is 13.0. The van der Waals surface area contributed by atoms with Gasteiger partial charge in [-0.3, -0.25) is 4.99 Å². The summed E-state index contributed by atoms with van der Waals surface area (Å²) >= 11 is 0. The molecular formula is C31H51N. The zero-order valence-corrected chi connectivity index (χ0v) is 22.2. The summed E-state index contributed by atoms with van der Waals surface area (Å²) in [5, 5.41) is 0. The molecule has 1 aromatic carbocycles. The molecule has 1 heteroatoms. The minimum Gasteiger partial charge on any atom is -0.262 e. The summed E-state index contributed by atoms with van der Waals surface area (Å²) < 4.78 is 0. The number of aryl methyl sites for hydroxylation is 2. The van der Waals surface area contributed by atoms with Crippen LogP contribution in [-0.4, -0.2) is 5.71 Å². The zero-order chi connectivity index (χ0) is 24.2. The lowest BCUT2D eigenvalue weighted by molar-refractivity contribution is 0.368. The number of benzene rings is 1. The Labute approximate surface area is 200 Å². The average Bonchev–Trinajstić information content (AvgIpc) is 2.82. The lowest BCUT2D eigenvalue weighted by Gasteiger charge is -2.24. The first-order valence-corrected chi connectivity index (χ1v) is 13.0. The molecule has 0 amide bonds. The van der Waals surface area contributed by atoms with Crippen LogP contribution < -0.4 is 0 Å². The molecule has 0 atom stereocenters. The Morgan fingerprint density at radius 1 is 1.03 bits per heavy atom. The van der Waals surface area contributed by atoms with E-state index in [1.165, 1.54) is 79.4 Å². The number of nitrogens with zero attached hydrogens (tertiary/aromatic N) is 1. The Kier molecular flexibility index (Phi) is 18.6. The predicted octanol–water partition coefficient (Wildman–Crippen LogP) is 10.2. The van der Waals surface area contributed by atoms with Gasteiger partial charge in [0.2, 0.25) is 0 Å². The Morgan fingerprint density at radius 2 is 1.62 bits per heavy atom. The molecule has 2 rings (SSSR count). The summed E-state index contributed by atoms with van der Waals surface area (Å²) in [4.78, 5) is 4.76. The SMILES string of the molecule is C=CC.C=CN=C(CC1CCCCC1)/C(CCCCc1ccc(C)cc1)=C(\C)CC.CC. The molecule has 0 bridgehead atoms. The average molecular weight is 438 g/mol. The van der Waals surface area contributed by atoms with Crippen LogP contribution in [0.25, 0.3) is 0 Å². The molecule has 1 aliphatic rings. The smallest absolute Gasteiger partial charge is 0.0437 e. The van der Waals surface area contributed by atoms with Crippen molar-refractivity contribution in [2.24, 2.45) is 10.9 Å². The molecule has 1 aromatic rings. The van der Waals surface area contributed by atoms with Gasteiger partial charge in [-0.1, -0.05) is 101 Å². The van der Waals surface area contributed by atoms with Crippen LogP contribution in [0.15, 0.2) is 65.8 Å². The molecule has 0 spiro atoms. The highest BCUT2D eigenvalue weighted by molar-refractivity contribution is 6.01. The van der Waals surface area contributed by atoms with Crippen LogP contribution >= 0.6 is 0 Å². The molecule has 0 heterocycles. The van der Waals surface area contributed by atoms with Crippen LogP contribution in [0, 0.1) is 12.8 Å². The minimum absolute atomic E-state index is 0.824. The Morgan fingerprint density at radius 3 is 2.16 bits per heavy atom. The van der Waals surface area contributed by atoms with E-state index in [0.717, 1.165) is 25.2 Å². The van der Waals surface area contributed by atoms with Gasteiger partial charge in [-0.25, -0.2) is 0 Å². The molecule has 0 radical (unpaired) electrons. The second-order valence-corrected chi connectivity index (χ2v) is 8.68. The number of aliphatic imine (C=N–C) groups is 1. The second kappa shape index (κ2) is 19.8. The highest BCUT2D eigenvalue weighted by atomic mass is 14.7. The van der Waals surface area contributed by atoms with Crippen LogP contribution in [0.2, 0.25) is 0 Å². The molecule has 0 N–H and O–H groups in total. The van der Waals surface area contributed by atoms with Gasteiger partial charge in [-0.05, 0) is 76.4 Å². The van der Waals surface area contributed by atoms with Crippen molar-refractivity contribution in [1.82, 2.24) is 0 Å². The van der Waals surface area contributed by atoms with Crippen molar-refractivity contribution < 1.29 is 0 Å². The van der Waals surface area contributed by atoms with E-state index in [9.17, 15) is 0 Å². The van der Waals surface area contributed by atoms with E-state index in [2.05, 4.69) is 58.2 Å². The van der Waals surface area contributed by atoms with Crippen molar-refractivity contribution in [3.63, 3.8) is 0 Å². The van der Waals surface area contributed by atoms with E-state index < -0.39 is 0 Å². The van der Waals surface area contributed by atoms with Crippen LogP contribution in [-0.2, 0) is 6.42 Å². The number of unbranched alkanes of at least 4 members (excludes halogenated alkanes) is 1. The highest BCUT2D eigenvalue weighted by Gasteiger charge is 2.19. The first kappa shape index (κ1) is 30.1. The van der Waals surface area contributed by atoms with Crippen LogP contribution in [0.1, 0.15) is 110 Å². The topological polar surface area (TPSA) is 12.4 Å². The second-order valence-electron chi connectivity index (χ2n) is 8.68. The van der Waals surface area contributed by atoms with Crippen LogP contribution in [0.3, 0.4) is 0 Å². The first-order chi connectivity index (χ1) is 15.5. The number of rotatable bonds is 10. The molecule has 0 unspecified atom stereocenters. The fraction of sp³-hybridized carbons (Fsp3) is 0.581. The van der Waals surface area contributed by atoms with Gasteiger partial charge in [0.1, 0.15) is 0 Å². The fourth-order valence-corrected chi connectivity index (χ4v) is 4.23. The van der Waals surface area contributed by atoms with Gasteiger partial charge in [-0.2, -0.15) is 0 Å². The summed E-state index contributed by atoms with van der Waals surface area (Å²) in [5.74, 6) is 0.824. The summed E-state index contributed by atoms with van der Waals surface area (Å²) in [6, 6.07) is 9.00. The maximum absolute atomic E-state index is 4.76. The monoisotopic (exact) mass is 437 g/mol. The molecule has 1 fully saturated rings. The number of allylic oxidation sites excluding steroid dienone is 3. The third-order valence-electron chi connectivity index (χ3n) is 6.11. The van der Waals surface area contributed by atoms with Gasteiger partial charge in [0.25, 0.3) is 0 Å². The van der Waals surface area contributed by atoms with E-state index in [-0.39, 0.29) is 0 Å². The third-order valence-corrected chi connectivity index (χ3v) is 6.11. The van der Waals surface area contributed by atoms with Gasteiger partial charge in [0, 0.05) is 11.9 Å². The van der Waals surface area contributed by atoms with Crippen molar-refractivity contribution in [2.75, 3.05) is 0 Å². The number of hydrogen-bond donors (Lipinski definition) is 0.